The van der Waals surface area contributed by atoms with Gasteiger partial charge in [0.2, 0.25) is 0 Å². The van der Waals surface area contributed by atoms with Crippen molar-refractivity contribution in [2.45, 2.75) is 6.61 Å². The van der Waals surface area contributed by atoms with Gasteiger partial charge in [-0.1, -0.05) is 6.07 Å². The van der Waals surface area contributed by atoms with Gasteiger partial charge in [-0.3, -0.25) is 0 Å². The molecular formula is C14H10F2N2O. The van der Waals surface area contributed by atoms with E-state index in [1.807, 2.05) is 0 Å². The number of pyridine rings is 1. The van der Waals surface area contributed by atoms with Crippen molar-refractivity contribution in [2.75, 3.05) is 0 Å². The highest BCUT2D eigenvalue weighted by Crippen LogP contribution is 2.22. The molecule has 0 saturated carbocycles. The van der Waals surface area contributed by atoms with E-state index in [1.54, 1.807) is 28.9 Å². The molecule has 0 amide bonds. The van der Waals surface area contributed by atoms with Crippen molar-refractivity contribution in [3.8, 4) is 11.3 Å². The minimum Gasteiger partial charge on any atom is -0.392 e. The van der Waals surface area contributed by atoms with Gasteiger partial charge in [0.15, 0.2) is 11.6 Å². The normalized spacial score (nSPS) is 11.1. The molecule has 0 atom stereocenters. The summed E-state index contributed by atoms with van der Waals surface area (Å²) in [5.41, 5.74) is 2.30. The maximum Gasteiger partial charge on any atom is 0.159 e. The van der Waals surface area contributed by atoms with Gasteiger partial charge in [0.05, 0.1) is 12.3 Å². The van der Waals surface area contributed by atoms with Crippen LogP contribution >= 0.6 is 0 Å². The lowest BCUT2D eigenvalue weighted by atomic mass is 10.1. The van der Waals surface area contributed by atoms with E-state index in [9.17, 15) is 13.9 Å². The Bertz CT molecular complexity index is 752. The number of halogens is 2. The van der Waals surface area contributed by atoms with Crippen molar-refractivity contribution in [1.82, 2.24) is 9.38 Å². The van der Waals surface area contributed by atoms with Crippen LogP contribution in [0.15, 0.2) is 42.7 Å². The van der Waals surface area contributed by atoms with Gasteiger partial charge in [-0.25, -0.2) is 13.8 Å². The van der Waals surface area contributed by atoms with Crippen molar-refractivity contribution in [2.24, 2.45) is 0 Å². The van der Waals surface area contributed by atoms with E-state index in [0.29, 0.717) is 22.5 Å². The number of imidazole rings is 1. The summed E-state index contributed by atoms with van der Waals surface area (Å²) in [4.78, 5) is 4.34. The number of rotatable bonds is 2. The number of aliphatic hydroxyl groups excluding tert-OH is 1. The number of benzene rings is 1. The molecule has 0 spiro atoms. The van der Waals surface area contributed by atoms with E-state index in [0.717, 1.165) is 12.1 Å². The highest BCUT2D eigenvalue weighted by Gasteiger charge is 2.09. The molecule has 0 bridgehead atoms. The number of aliphatic hydroxyl groups is 1. The molecule has 19 heavy (non-hydrogen) atoms. The maximum atomic E-state index is 13.2. The molecular weight excluding hydrogens is 250 g/mol. The van der Waals surface area contributed by atoms with Gasteiger partial charge in [0.1, 0.15) is 5.65 Å². The van der Waals surface area contributed by atoms with E-state index in [2.05, 4.69) is 4.98 Å². The summed E-state index contributed by atoms with van der Waals surface area (Å²) in [6.07, 6.45) is 3.49. The summed E-state index contributed by atoms with van der Waals surface area (Å²) >= 11 is 0. The molecule has 2 heterocycles. The van der Waals surface area contributed by atoms with E-state index in [-0.39, 0.29) is 6.61 Å². The van der Waals surface area contributed by atoms with Crippen LogP contribution < -0.4 is 0 Å². The second-order valence-electron chi connectivity index (χ2n) is 4.18. The van der Waals surface area contributed by atoms with Crippen LogP contribution in [0.4, 0.5) is 8.78 Å². The maximum absolute atomic E-state index is 13.2. The summed E-state index contributed by atoms with van der Waals surface area (Å²) in [7, 11) is 0. The van der Waals surface area contributed by atoms with Crippen LogP contribution in [0.1, 0.15) is 5.56 Å². The third-order valence-corrected chi connectivity index (χ3v) is 2.95. The van der Waals surface area contributed by atoms with Crippen molar-refractivity contribution in [1.29, 1.82) is 0 Å². The van der Waals surface area contributed by atoms with Gasteiger partial charge < -0.3 is 9.51 Å². The Morgan fingerprint density at radius 1 is 1.16 bits per heavy atom. The second kappa shape index (κ2) is 4.44. The standard InChI is InChI=1S/C14H10F2N2O/c15-11-4-3-9(6-12(11)16)13-7-18-5-1-2-10(8-19)14(18)17-13/h1-7,19H,8H2. The molecule has 0 aliphatic heterocycles. The van der Waals surface area contributed by atoms with E-state index < -0.39 is 11.6 Å². The Balaban J connectivity index is 2.17. The van der Waals surface area contributed by atoms with Crippen LogP contribution in [0, 0.1) is 11.6 Å². The Hall–Kier alpha value is -2.27. The van der Waals surface area contributed by atoms with Gasteiger partial charge in [-0.2, -0.15) is 0 Å². The minimum absolute atomic E-state index is 0.126. The minimum atomic E-state index is -0.906. The fourth-order valence-electron chi connectivity index (χ4n) is 1.99. The molecule has 1 N–H and O–H groups in total. The molecule has 3 rings (SSSR count). The lowest BCUT2D eigenvalue weighted by molar-refractivity contribution is 0.282. The number of hydrogen-bond donors (Lipinski definition) is 1. The quantitative estimate of drug-likeness (QED) is 0.769. The van der Waals surface area contributed by atoms with E-state index in [1.165, 1.54) is 6.07 Å². The second-order valence-corrected chi connectivity index (χ2v) is 4.18. The monoisotopic (exact) mass is 260 g/mol. The fraction of sp³-hybridized carbons (Fsp3) is 0.0714. The lowest BCUT2D eigenvalue weighted by Crippen LogP contribution is -1.90. The zero-order valence-electron chi connectivity index (χ0n) is 9.85. The topological polar surface area (TPSA) is 37.5 Å². The molecule has 0 radical (unpaired) electrons. The van der Waals surface area contributed by atoms with Crippen LogP contribution in [-0.2, 0) is 6.61 Å². The molecule has 2 aromatic heterocycles. The summed E-state index contributed by atoms with van der Waals surface area (Å²) in [5, 5.41) is 9.23. The average molecular weight is 260 g/mol. The predicted octanol–water partition coefficient (Wildman–Crippen LogP) is 2.77. The van der Waals surface area contributed by atoms with Crippen molar-refractivity contribution < 1.29 is 13.9 Å². The van der Waals surface area contributed by atoms with E-state index in [4.69, 9.17) is 0 Å². The first-order valence-corrected chi connectivity index (χ1v) is 5.72. The van der Waals surface area contributed by atoms with Crippen LogP contribution in [0.2, 0.25) is 0 Å². The number of hydrogen-bond acceptors (Lipinski definition) is 2. The van der Waals surface area contributed by atoms with Gasteiger partial charge in [-0.05, 0) is 24.3 Å². The summed E-state index contributed by atoms with van der Waals surface area (Å²) in [6.45, 7) is -0.126. The molecule has 3 aromatic rings. The molecule has 3 nitrogen and oxygen atoms in total. The molecule has 0 unspecified atom stereocenters. The summed E-state index contributed by atoms with van der Waals surface area (Å²) in [6, 6.07) is 7.20. The third kappa shape index (κ3) is 1.98. The SMILES string of the molecule is OCc1cccn2cc(-c3ccc(F)c(F)c3)nc12. The van der Waals surface area contributed by atoms with Gasteiger partial charge in [0.25, 0.3) is 0 Å². The molecule has 1 aromatic carbocycles. The number of aromatic nitrogens is 2. The molecule has 0 saturated heterocycles. The first-order chi connectivity index (χ1) is 9.19. The number of nitrogens with zero attached hydrogens (tertiary/aromatic N) is 2. The third-order valence-electron chi connectivity index (χ3n) is 2.95. The number of fused-ring (bicyclic) bond motifs is 1. The molecule has 0 fully saturated rings. The zero-order chi connectivity index (χ0) is 13.4. The van der Waals surface area contributed by atoms with Crippen LogP contribution in [-0.4, -0.2) is 14.5 Å². The first-order valence-electron chi connectivity index (χ1n) is 5.72. The highest BCUT2D eigenvalue weighted by molar-refractivity contribution is 5.64. The Morgan fingerprint density at radius 2 is 2.00 bits per heavy atom. The van der Waals surface area contributed by atoms with Crippen LogP contribution in [0.3, 0.4) is 0 Å². The lowest BCUT2D eigenvalue weighted by Gasteiger charge is -1.97. The Kier molecular flexibility index (Phi) is 2.76. The highest BCUT2D eigenvalue weighted by atomic mass is 19.2. The van der Waals surface area contributed by atoms with Crippen LogP contribution in [0.25, 0.3) is 16.9 Å². The zero-order valence-corrected chi connectivity index (χ0v) is 9.85. The Morgan fingerprint density at radius 3 is 2.74 bits per heavy atom. The predicted molar refractivity (Wildman–Crippen MR) is 66.5 cm³/mol. The van der Waals surface area contributed by atoms with E-state index >= 15 is 0 Å². The molecule has 0 aliphatic rings. The van der Waals surface area contributed by atoms with Gasteiger partial charge in [-0.15, -0.1) is 0 Å². The van der Waals surface area contributed by atoms with Crippen molar-refractivity contribution in [3.63, 3.8) is 0 Å². The Labute approximate surface area is 107 Å². The summed E-state index contributed by atoms with van der Waals surface area (Å²) in [5.74, 6) is -1.79. The first kappa shape index (κ1) is 11.8. The van der Waals surface area contributed by atoms with Gasteiger partial charge >= 0.3 is 0 Å². The average Bonchev–Trinajstić information content (AvgIpc) is 2.85. The van der Waals surface area contributed by atoms with Crippen molar-refractivity contribution >= 4 is 5.65 Å². The van der Waals surface area contributed by atoms with Crippen LogP contribution in [0.5, 0.6) is 0 Å². The largest absolute Gasteiger partial charge is 0.392 e. The van der Waals surface area contributed by atoms with Gasteiger partial charge in [0, 0.05) is 23.5 Å². The smallest absolute Gasteiger partial charge is 0.159 e. The van der Waals surface area contributed by atoms with Crippen molar-refractivity contribution in [3.05, 3.63) is 59.9 Å². The fourth-order valence-corrected chi connectivity index (χ4v) is 1.99. The summed E-state index contributed by atoms with van der Waals surface area (Å²) < 4.78 is 27.9. The molecule has 0 aliphatic carbocycles. The molecule has 96 valence electrons. The molecule has 5 heteroatoms.